The van der Waals surface area contributed by atoms with Crippen LogP contribution < -0.4 is 5.32 Å². The molecular weight excluding hydrogens is 290 g/mol. The van der Waals surface area contributed by atoms with E-state index in [-0.39, 0.29) is 24.5 Å². The Morgan fingerprint density at radius 1 is 1.00 bits per heavy atom. The van der Waals surface area contributed by atoms with E-state index in [4.69, 9.17) is 0 Å². The third kappa shape index (κ3) is 3.63. The van der Waals surface area contributed by atoms with E-state index in [1.807, 2.05) is 42.6 Å². The van der Waals surface area contributed by atoms with Crippen molar-refractivity contribution in [3.05, 3.63) is 72.1 Å². The lowest BCUT2D eigenvalue weighted by molar-refractivity contribution is -0.121. The number of amides is 1. The van der Waals surface area contributed by atoms with Crippen LogP contribution in [0.5, 0.6) is 0 Å². The van der Waals surface area contributed by atoms with Crippen LogP contribution in [-0.2, 0) is 11.3 Å². The highest BCUT2D eigenvalue weighted by molar-refractivity contribution is 5.97. The number of nitrogens with zero attached hydrogens (tertiary/aromatic N) is 2. The molecule has 3 rings (SSSR count). The fourth-order valence-corrected chi connectivity index (χ4v) is 2.40. The Labute approximate surface area is 133 Å². The molecule has 0 aliphatic rings. The number of ketones is 1. The second-order valence-electron chi connectivity index (χ2n) is 5.27. The molecule has 0 aliphatic carbocycles. The number of rotatable bonds is 6. The Morgan fingerprint density at radius 2 is 1.78 bits per heavy atom. The SMILES string of the molecule is O=C(CCC(=O)c1ccccc1)NCc1cnn2ccccc12. The third-order valence-electron chi connectivity index (χ3n) is 3.66. The van der Waals surface area contributed by atoms with Gasteiger partial charge in [0.05, 0.1) is 11.7 Å². The number of pyridine rings is 1. The lowest BCUT2D eigenvalue weighted by atomic mass is 10.1. The summed E-state index contributed by atoms with van der Waals surface area (Å²) in [6, 6.07) is 14.8. The van der Waals surface area contributed by atoms with Gasteiger partial charge in [-0.15, -0.1) is 0 Å². The number of benzene rings is 1. The second-order valence-corrected chi connectivity index (χ2v) is 5.27. The summed E-state index contributed by atoms with van der Waals surface area (Å²) in [5, 5.41) is 7.06. The van der Waals surface area contributed by atoms with Crippen molar-refractivity contribution in [2.45, 2.75) is 19.4 Å². The average molecular weight is 307 g/mol. The lowest BCUT2D eigenvalue weighted by Crippen LogP contribution is -2.23. The number of carbonyl (C=O) groups excluding carboxylic acids is 2. The van der Waals surface area contributed by atoms with Crippen LogP contribution in [0.4, 0.5) is 0 Å². The molecule has 0 fully saturated rings. The van der Waals surface area contributed by atoms with Crippen molar-refractivity contribution in [3.8, 4) is 0 Å². The molecule has 3 aromatic rings. The maximum atomic E-state index is 12.0. The summed E-state index contributed by atoms with van der Waals surface area (Å²) in [7, 11) is 0. The Balaban J connectivity index is 1.51. The zero-order valence-corrected chi connectivity index (χ0v) is 12.6. The minimum absolute atomic E-state index is 0.0169. The van der Waals surface area contributed by atoms with Gasteiger partial charge in [-0.3, -0.25) is 9.59 Å². The number of aromatic nitrogens is 2. The van der Waals surface area contributed by atoms with Gasteiger partial charge < -0.3 is 5.32 Å². The summed E-state index contributed by atoms with van der Waals surface area (Å²) >= 11 is 0. The minimum Gasteiger partial charge on any atom is -0.352 e. The summed E-state index contributed by atoms with van der Waals surface area (Å²) < 4.78 is 1.76. The molecule has 0 saturated heterocycles. The van der Waals surface area contributed by atoms with E-state index in [9.17, 15) is 9.59 Å². The van der Waals surface area contributed by atoms with E-state index < -0.39 is 0 Å². The smallest absolute Gasteiger partial charge is 0.220 e. The van der Waals surface area contributed by atoms with Crippen molar-refractivity contribution in [1.29, 1.82) is 0 Å². The maximum Gasteiger partial charge on any atom is 0.220 e. The fourth-order valence-electron chi connectivity index (χ4n) is 2.40. The molecule has 0 saturated carbocycles. The highest BCUT2D eigenvalue weighted by atomic mass is 16.2. The monoisotopic (exact) mass is 307 g/mol. The first-order valence-corrected chi connectivity index (χ1v) is 7.50. The number of hydrogen-bond donors (Lipinski definition) is 1. The van der Waals surface area contributed by atoms with Gasteiger partial charge in [0.25, 0.3) is 0 Å². The Morgan fingerprint density at radius 3 is 2.61 bits per heavy atom. The van der Waals surface area contributed by atoms with Crippen LogP contribution in [0.15, 0.2) is 60.9 Å². The molecule has 5 heteroatoms. The molecule has 0 atom stereocenters. The van der Waals surface area contributed by atoms with Gasteiger partial charge in [-0.2, -0.15) is 5.10 Å². The topological polar surface area (TPSA) is 63.5 Å². The van der Waals surface area contributed by atoms with E-state index in [0.29, 0.717) is 12.1 Å². The van der Waals surface area contributed by atoms with Gasteiger partial charge in [0.15, 0.2) is 5.78 Å². The molecule has 0 unspecified atom stereocenters. The van der Waals surface area contributed by atoms with Gasteiger partial charge in [-0.25, -0.2) is 4.52 Å². The molecule has 23 heavy (non-hydrogen) atoms. The first kappa shape index (κ1) is 15.0. The lowest BCUT2D eigenvalue weighted by Gasteiger charge is -2.04. The third-order valence-corrected chi connectivity index (χ3v) is 3.66. The van der Waals surface area contributed by atoms with E-state index in [1.54, 1.807) is 22.8 Å². The van der Waals surface area contributed by atoms with Crippen LogP contribution in [-0.4, -0.2) is 21.3 Å². The fraction of sp³-hybridized carbons (Fsp3) is 0.167. The first-order chi connectivity index (χ1) is 11.2. The van der Waals surface area contributed by atoms with Crippen molar-refractivity contribution >= 4 is 17.2 Å². The van der Waals surface area contributed by atoms with Crippen molar-refractivity contribution in [1.82, 2.24) is 14.9 Å². The van der Waals surface area contributed by atoms with Gasteiger partial charge in [0.2, 0.25) is 5.91 Å². The van der Waals surface area contributed by atoms with E-state index in [1.165, 1.54) is 0 Å². The largest absolute Gasteiger partial charge is 0.352 e. The molecule has 0 bridgehead atoms. The van der Waals surface area contributed by atoms with Gasteiger partial charge in [-0.1, -0.05) is 36.4 Å². The zero-order chi connectivity index (χ0) is 16.1. The van der Waals surface area contributed by atoms with Gasteiger partial charge >= 0.3 is 0 Å². The zero-order valence-electron chi connectivity index (χ0n) is 12.6. The van der Waals surface area contributed by atoms with E-state index >= 15 is 0 Å². The van der Waals surface area contributed by atoms with Gasteiger partial charge in [0.1, 0.15) is 0 Å². The molecule has 0 radical (unpaired) electrons. The quantitative estimate of drug-likeness (QED) is 0.712. The molecule has 1 N–H and O–H groups in total. The highest BCUT2D eigenvalue weighted by Gasteiger charge is 2.10. The Hall–Kier alpha value is -2.95. The normalized spacial score (nSPS) is 10.6. The summed E-state index contributed by atoms with van der Waals surface area (Å²) in [4.78, 5) is 23.9. The number of Topliss-reactive ketones (excluding diaryl/α,β-unsaturated/α-hetero) is 1. The first-order valence-electron chi connectivity index (χ1n) is 7.50. The van der Waals surface area contributed by atoms with Crippen molar-refractivity contribution < 1.29 is 9.59 Å². The molecule has 1 aromatic carbocycles. The van der Waals surface area contributed by atoms with Crippen molar-refractivity contribution in [2.75, 3.05) is 0 Å². The number of hydrogen-bond acceptors (Lipinski definition) is 3. The summed E-state index contributed by atoms with van der Waals surface area (Å²) in [6.45, 7) is 0.409. The molecule has 2 aromatic heterocycles. The van der Waals surface area contributed by atoms with Crippen LogP contribution in [0.25, 0.3) is 5.52 Å². The summed E-state index contributed by atoms with van der Waals surface area (Å²) in [5.41, 5.74) is 2.56. The molecule has 0 aliphatic heterocycles. The van der Waals surface area contributed by atoms with Crippen LogP contribution in [0.2, 0.25) is 0 Å². The standard InChI is InChI=1S/C18H17N3O2/c22-17(14-6-2-1-3-7-14)9-10-18(23)19-12-15-13-20-21-11-5-4-8-16(15)21/h1-8,11,13H,9-10,12H2,(H,19,23). The van der Waals surface area contributed by atoms with Crippen molar-refractivity contribution in [2.24, 2.45) is 0 Å². The molecule has 1 amide bonds. The average Bonchev–Trinajstić information content (AvgIpc) is 3.02. The number of carbonyl (C=O) groups is 2. The van der Waals surface area contributed by atoms with Crippen LogP contribution in [0.3, 0.4) is 0 Å². The van der Waals surface area contributed by atoms with Crippen LogP contribution in [0, 0.1) is 0 Å². The van der Waals surface area contributed by atoms with Gasteiger partial charge in [0, 0.05) is 36.7 Å². The van der Waals surface area contributed by atoms with Crippen molar-refractivity contribution in [3.63, 3.8) is 0 Å². The summed E-state index contributed by atoms with van der Waals surface area (Å²) in [6.07, 6.45) is 4.00. The highest BCUT2D eigenvalue weighted by Crippen LogP contribution is 2.10. The number of nitrogens with one attached hydrogen (secondary N) is 1. The number of fused-ring (bicyclic) bond motifs is 1. The molecular formula is C18H17N3O2. The second kappa shape index (κ2) is 6.87. The molecule has 116 valence electrons. The maximum absolute atomic E-state index is 12.0. The van der Waals surface area contributed by atoms with Crippen LogP contribution in [0.1, 0.15) is 28.8 Å². The Bertz CT molecular complexity index is 824. The predicted octanol–water partition coefficient (Wildman–Crippen LogP) is 2.61. The van der Waals surface area contributed by atoms with Crippen LogP contribution >= 0.6 is 0 Å². The molecule has 2 heterocycles. The van der Waals surface area contributed by atoms with E-state index in [2.05, 4.69) is 10.4 Å². The minimum atomic E-state index is -0.135. The molecule has 5 nitrogen and oxygen atoms in total. The van der Waals surface area contributed by atoms with Gasteiger partial charge in [-0.05, 0) is 12.1 Å². The van der Waals surface area contributed by atoms with E-state index in [0.717, 1.165) is 11.1 Å². The molecule has 0 spiro atoms. The predicted molar refractivity (Wildman–Crippen MR) is 87.0 cm³/mol. The Kier molecular flexibility index (Phi) is 4.47. The summed E-state index contributed by atoms with van der Waals surface area (Å²) in [5.74, 6) is -0.152.